The van der Waals surface area contributed by atoms with E-state index >= 15 is 0 Å². The fourth-order valence-corrected chi connectivity index (χ4v) is 5.43. The number of hydrogen-bond donors (Lipinski definition) is 1. The standard InChI is InChI=1S/C21H22ClN3O5S/c1-13-5-6-15(10-17(13)22)23-20(26)14-4-3-9-25(12-14)31(28,29)16-7-8-18-19(11-16)30-21(27)24(18)2/h5-8,10-11,14H,3-4,9,12H2,1-2H3,(H,23,26)/t14-/m1/s1. The first kappa shape index (κ1) is 21.6. The lowest BCUT2D eigenvalue weighted by Crippen LogP contribution is -2.43. The molecule has 1 aromatic heterocycles. The highest BCUT2D eigenvalue weighted by atomic mass is 35.5. The van der Waals surface area contributed by atoms with Crippen molar-refractivity contribution in [2.75, 3.05) is 18.4 Å². The lowest BCUT2D eigenvalue weighted by molar-refractivity contribution is -0.120. The molecule has 0 saturated carbocycles. The van der Waals surface area contributed by atoms with Gasteiger partial charge < -0.3 is 9.73 Å². The van der Waals surface area contributed by atoms with Crippen molar-refractivity contribution in [1.82, 2.24) is 8.87 Å². The summed E-state index contributed by atoms with van der Waals surface area (Å²) in [5.74, 6) is -1.29. The molecule has 1 saturated heterocycles. The Kier molecular flexibility index (Phi) is 5.67. The van der Waals surface area contributed by atoms with Crippen LogP contribution in [0.15, 0.2) is 50.5 Å². The van der Waals surface area contributed by atoms with E-state index in [1.54, 1.807) is 25.2 Å². The number of carbonyl (C=O) groups is 1. The quantitative estimate of drug-likeness (QED) is 0.640. The summed E-state index contributed by atoms with van der Waals surface area (Å²) in [4.78, 5) is 24.5. The first-order valence-corrected chi connectivity index (χ1v) is 11.7. The SMILES string of the molecule is Cc1ccc(NC(=O)[C@@H]2CCCN(S(=O)(=O)c3ccc4c(c3)oc(=O)n4C)C2)cc1Cl. The highest BCUT2D eigenvalue weighted by molar-refractivity contribution is 7.89. The summed E-state index contributed by atoms with van der Waals surface area (Å²) < 4.78 is 34.1. The van der Waals surface area contributed by atoms with Crippen LogP contribution in [-0.4, -0.2) is 36.3 Å². The average molecular weight is 464 g/mol. The molecule has 2 heterocycles. The lowest BCUT2D eigenvalue weighted by atomic mass is 9.98. The second kappa shape index (κ2) is 8.14. The van der Waals surface area contributed by atoms with Crippen LogP contribution < -0.4 is 11.1 Å². The summed E-state index contributed by atoms with van der Waals surface area (Å²) in [7, 11) is -2.29. The van der Waals surface area contributed by atoms with Gasteiger partial charge in [-0.2, -0.15) is 4.31 Å². The lowest BCUT2D eigenvalue weighted by Gasteiger charge is -2.31. The maximum absolute atomic E-state index is 13.2. The van der Waals surface area contributed by atoms with E-state index in [0.29, 0.717) is 35.6 Å². The molecule has 0 spiro atoms. The van der Waals surface area contributed by atoms with Gasteiger partial charge in [-0.15, -0.1) is 0 Å². The number of aryl methyl sites for hydroxylation is 2. The van der Waals surface area contributed by atoms with E-state index in [9.17, 15) is 18.0 Å². The van der Waals surface area contributed by atoms with Gasteiger partial charge in [0.2, 0.25) is 15.9 Å². The number of oxazole rings is 1. The largest absolute Gasteiger partial charge is 0.419 e. The first-order valence-electron chi connectivity index (χ1n) is 9.83. The van der Waals surface area contributed by atoms with Crippen molar-refractivity contribution < 1.29 is 17.6 Å². The van der Waals surface area contributed by atoms with Gasteiger partial charge in [-0.1, -0.05) is 17.7 Å². The van der Waals surface area contributed by atoms with Gasteiger partial charge in [-0.25, -0.2) is 13.2 Å². The van der Waals surface area contributed by atoms with Crippen LogP contribution in [0.1, 0.15) is 18.4 Å². The molecule has 0 aliphatic carbocycles. The molecule has 164 valence electrons. The Morgan fingerprint density at radius 2 is 2.00 bits per heavy atom. The normalized spacial score (nSPS) is 17.7. The highest BCUT2D eigenvalue weighted by Crippen LogP contribution is 2.27. The molecule has 1 atom stereocenters. The molecule has 10 heteroatoms. The molecule has 3 aromatic rings. The second-order valence-corrected chi connectivity index (χ2v) is 10.1. The summed E-state index contributed by atoms with van der Waals surface area (Å²) in [6, 6.07) is 9.60. The smallest absolute Gasteiger partial charge is 0.408 e. The third kappa shape index (κ3) is 4.13. The summed E-state index contributed by atoms with van der Waals surface area (Å²) >= 11 is 6.12. The van der Waals surface area contributed by atoms with Crippen molar-refractivity contribution in [3.05, 3.63) is 57.5 Å². The Bertz CT molecular complexity index is 1330. The number of amides is 1. The van der Waals surface area contributed by atoms with Crippen LogP contribution in [0.25, 0.3) is 11.1 Å². The molecule has 0 radical (unpaired) electrons. The number of rotatable bonds is 4. The van der Waals surface area contributed by atoms with Crippen LogP contribution in [-0.2, 0) is 21.9 Å². The Morgan fingerprint density at radius 1 is 1.23 bits per heavy atom. The number of benzene rings is 2. The van der Waals surface area contributed by atoms with Gasteiger partial charge in [0.05, 0.1) is 16.3 Å². The summed E-state index contributed by atoms with van der Waals surface area (Å²) in [5, 5.41) is 3.38. The number of fused-ring (bicyclic) bond motifs is 1. The molecule has 2 aromatic carbocycles. The van der Waals surface area contributed by atoms with Gasteiger partial charge in [0.25, 0.3) is 0 Å². The number of hydrogen-bond acceptors (Lipinski definition) is 5. The minimum atomic E-state index is -3.85. The van der Waals surface area contributed by atoms with Crippen LogP contribution in [0.5, 0.6) is 0 Å². The Labute approximate surface area is 184 Å². The van der Waals surface area contributed by atoms with Crippen molar-refractivity contribution in [3.63, 3.8) is 0 Å². The van der Waals surface area contributed by atoms with Crippen molar-refractivity contribution in [3.8, 4) is 0 Å². The number of nitrogens with one attached hydrogen (secondary N) is 1. The van der Waals surface area contributed by atoms with Gasteiger partial charge in [-0.3, -0.25) is 9.36 Å². The number of piperidine rings is 1. The van der Waals surface area contributed by atoms with Crippen molar-refractivity contribution in [2.45, 2.75) is 24.7 Å². The minimum absolute atomic E-state index is 0.0284. The second-order valence-electron chi connectivity index (χ2n) is 7.71. The van der Waals surface area contributed by atoms with Crippen LogP contribution in [0.2, 0.25) is 5.02 Å². The molecular weight excluding hydrogens is 442 g/mol. The summed E-state index contributed by atoms with van der Waals surface area (Å²) in [6.07, 6.45) is 1.15. The molecule has 8 nitrogen and oxygen atoms in total. The molecule has 1 aliphatic rings. The van der Waals surface area contributed by atoms with E-state index in [1.165, 1.54) is 21.0 Å². The molecule has 0 bridgehead atoms. The molecule has 1 aliphatic heterocycles. The van der Waals surface area contributed by atoms with Crippen LogP contribution in [0, 0.1) is 12.8 Å². The minimum Gasteiger partial charge on any atom is -0.408 e. The zero-order valence-corrected chi connectivity index (χ0v) is 18.7. The monoisotopic (exact) mass is 463 g/mol. The molecule has 0 unspecified atom stereocenters. The summed E-state index contributed by atoms with van der Waals surface area (Å²) in [5.41, 5.74) is 2.19. The highest BCUT2D eigenvalue weighted by Gasteiger charge is 2.33. The van der Waals surface area contributed by atoms with Crippen LogP contribution >= 0.6 is 11.6 Å². The van der Waals surface area contributed by atoms with Crippen molar-refractivity contribution in [1.29, 1.82) is 0 Å². The van der Waals surface area contributed by atoms with E-state index in [2.05, 4.69) is 5.32 Å². The third-order valence-corrected chi connectivity index (χ3v) is 7.86. The predicted molar refractivity (Wildman–Crippen MR) is 118 cm³/mol. The maximum atomic E-state index is 13.2. The van der Waals surface area contributed by atoms with E-state index < -0.39 is 21.7 Å². The van der Waals surface area contributed by atoms with Crippen molar-refractivity contribution in [2.24, 2.45) is 13.0 Å². The third-order valence-electron chi connectivity index (χ3n) is 5.60. The van der Waals surface area contributed by atoms with Crippen molar-refractivity contribution >= 4 is 44.3 Å². The van der Waals surface area contributed by atoms with E-state index in [4.69, 9.17) is 16.0 Å². The van der Waals surface area contributed by atoms with E-state index in [-0.39, 0.29) is 22.9 Å². The first-order chi connectivity index (χ1) is 14.7. The van der Waals surface area contributed by atoms with Gasteiger partial charge in [0, 0.05) is 36.9 Å². The molecule has 1 fully saturated rings. The number of nitrogens with zero attached hydrogens (tertiary/aromatic N) is 2. The Balaban J connectivity index is 1.53. The fraction of sp³-hybridized carbons (Fsp3) is 0.333. The van der Waals surface area contributed by atoms with Gasteiger partial charge in [-0.05, 0) is 49.6 Å². The number of aromatic nitrogens is 1. The van der Waals surface area contributed by atoms with Gasteiger partial charge >= 0.3 is 5.76 Å². The average Bonchev–Trinajstić information content (AvgIpc) is 3.04. The molecule has 1 N–H and O–H groups in total. The Morgan fingerprint density at radius 3 is 2.74 bits per heavy atom. The molecule has 1 amide bonds. The number of halogens is 1. The molecular formula is C21H22ClN3O5S. The summed E-state index contributed by atoms with van der Waals surface area (Å²) in [6.45, 7) is 2.26. The van der Waals surface area contributed by atoms with Crippen LogP contribution in [0.4, 0.5) is 5.69 Å². The number of anilines is 1. The molecule has 31 heavy (non-hydrogen) atoms. The van der Waals surface area contributed by atoms with Gasteiger partial charge in [0.15, 0.2) is 5.58 Å². The fourth-order valence-electron chi connectivity index (χ4n) is 3.71. The number of sulfonamides is 1. The number of carbonyl (C=O) groups excluding carboxylic acids is 1. The Hall–Kier alpha value is -2.62. The van der Waals surface area contributed by atoms with Gasteiger partial charge in [0.1, 0.15) is 0 Å². The topological polar surface area (TPSA) is 102 Å². The van der Waals surface area contributed by atoms with E-state index in [0.717, 1.165) is 5.56 Å². The zero-order valence-electron chi connectivity index (χ0n) is 17.1. The maximum Gasteiger partial charge on any atom is 0.419 e. The predicted octanol–water partition coefficient (Wildman–Crippen LogP) is 3.13. The van der Waals surface area contributed by atoms with Crippen LogP contribution in [0.3, 0.4) is 0 Å². The zero-order chi connectivity index (χ0) is 22.3. The molecule has 4 rings (SSSR count). The van der Waals surface area contributed by atoms with E-state index in [1.807, 2.05) is 13.0 Å².